The molecule has 1 unspecified atom stereocenters. The zero-order valence-electron chi connectivity index (χ0n) is 18.6. The number of aliphatic hydroxyl groups is 1. The number of aryl methyl sites for hydroxylation is 2. The van der Waals surface area contributed by atoms with Crippen molar-refractivity contribution in [3.05, 3.63) is 107 Å². The van der Waals surface area contributed by atoms with Crippen LogP contribution in [0, 0.1) is 0 Å². The monoisotopic (exact) mass is 441 g/mol. The number of carbonyl (C=O) groups is 2. The third-order valence-corrected chi connectivity index (χ3v) is 5.87. The highest BCUT2D eigenvalue weighted by Crippen LogP contribution is 2.38. The topological polar surface area (TPSA) is 75.4 Å². The van der Waals surface area contributed by atoms with Crippen molar-refractivity contribution >= 4 is 17.8 Å². The van der Waals surface area contributed by atoms with E-state index in [1.54, 1.807) is 23.5 Å². The van der Waals surface area contributed by atoms with Crippen LogP contribution in [0.5, 0.6) is 0 Å². The van der Waals surface area contributed by atoms with Gasteiger partial charge in [-0.2, -0.15) is 0 Å². The van der Waals surface area contributed by atoms with Gasteiger partial charge in [-0.1, -0.05) is 67.6 Å². The van der Waals surface area contributed by atoms with Gasteiger partial charge in [0.05, 0.1) is 17.9 Å². The summed E-state index contributed by atoms with van der Waals surface area (Å²) in [5.41, 5.74) is 2.97. The van der Waals surface area contributed by atoms with E-state index in [4.69, 9.17) is 0 Å². The largest absolute Gasteiger partial charge is 0.503 e. The smallest absolute Gasteiger partial charge is 0.290 e. The standard InChI is InChI=1S/C27H27N3O3/c1-2-20-9-12-22(13-10-20)25-24(23(31)14-11-21-7-4-3-5-8-21)26(32)27(33)30(25)17-6-16-29-18-15-28-19-29/h3-5,7-15,18-19,25,32H,2,6,16-17H2,1H3. The maximum atomic E-state index is 13.2. The minimum Gasteiger partial charge on any atom is -0.503 e. The Bertz CT molecular complexity index is 1160. The summed E-state index contributed by atoms with van der Waals surface area (Å²) >= 11 is 0. The van der Waals surface area contributed by atoms with E-state index in [1.807, 2.05) is 65.4 Å². The molecule has 2 aromatic carbocycles. The van der Waals surface area contributed by atoms with Crippen molar-refractivity contribution in [3.63, 3.8) is 0 Å². The van der Waals surface area contributed by atoms with Gasteiger partial charge in [-0.05, 0) is 35.6 Å². The first-order valence-electron chi connectivity index (χ1n) is 11.1. The Balaban J connectivity index is 1.62. The number of amides is 1. The van der Waals surface area contributed by atoms with Gasteiger partial charge in [-0.25, -0.2) is 4.98 Å². The number of imidazole rings is 1. The number of benzene rings is 2. The van der Waals surface area contributed by atoms with Gasteiger partial charge in [0.1, 0.15) is 0 Å². The van der Waals surface area contributed by atoms with E-state index in [0.717, 1.165) is 17.5 Å². The van der Waals surface area contributed by atoms with E-state index in [1.165, 1.54) is 11.6 Å². The zero-order chi connectivity index (χ0) is 23.2. The highest BCUT2D eigenvalue weighted by Gasteiger charge is 2.42. The van der Waals surface area contributed by atoms with E-state index in [2.05, 4.69) is 11.9 Å². The van der Waals surface area contributed by atoms with Crippen LogP contribution in [-0.4, -0.2) is 37.8 Å². The zero-order valence-corrected chi connectivity index (χ0v) is 18.6. The maximum absolute atomic E-state index is 13.2. The molecular formula is C27H27N3O3. The molecule has 6 heteroatoms. The molecule has 0 radical (unpaired) electrons. The molecule has 1 aromatic heterocycles. The average molecular weight is 442 g/mol. The van der Waals surface area contributed by atoms with Crippen molar-refractivity contribution in [1.82, 2.24) is 14.5 Å². The number of aromatic nitrogens is 2. The molecule has 0 saturated carbocycles. The van der Waals surface area contributed by atoms with Gasteiger partial charge in [0.15, 0.2) is 11.5 Å². The van der Waals surface area contributed by atoms with E-state index in [0.29, 0.717) is 19.5 Å². The Hall–Kier alpha value is -3.93. The highest BCUT2D eigenvalue weighted by molar-refractivity contribution is 6.14. The lowest BCUT2D eigenvalue weighted by atomic mass is 9.94. The van der Waals surface area contributed by atoms with Gasteiger partial charge >= 0.3 is 0 Å². The second-order valence-corrected chi connectivity index (χ2v) is 8.02. The van der Waals surface area contributed by atoms with Gasteiger partial charge < -0.3 is 14.6 Å². The van der Waals surface area contributed by atoms with Crippen LogP contribution in [0.25, 0.3) is 6.08 Å². The van der Waals surface area contributed by atoms with Gasteiger partial charge in [0, 0.05) is 25.5 Å². The summed E-state index contributed by atoms with van der Waals surface area (Å²) in [6.45, 7) is 3.16. The van der Waals surface area contributed by atoms with Crippen LogP contribution in [0.2, 0.25) is 0 Å². The number of hydrogen-bond acceptors (Lipinski definition) is 4. The second kappa shape index (κ2) is 10.1. The van der Waals surface area contributed by atoms with Crippen molar-refractivity contribution in [2.45, 2.75) is 32.4 Å². The third kappa shape index (κ3) is 4.95. The number of carbonyl (C=O) groups excluding carboxylic acids is 2. The van der Waals surface area contributed by atoms with Crippen LogP contribution in [0.4, 0.5) is 0 Å². The van der Waals surface area contributed by atoms with Crippen LogP contribution >= 0.6 is 0 Å². The van der Waals surface area contributed by atoms with E-state index in [-0.39, 0.29) is 11.4 Å². The summed E-state index contributed by atoms with van der Waals surface area (Å²) in [6.07, 6.45) is 9.99. The summed E-state index contributed by atoms with van der Waals surface area (Å²) in [6, 6.07) is 16.7. The molecule has 6 nitrogen and oxygen atoms in total. The SMILES string of the molecule is CCc1ccc(C2C(C(=O)C=Cc3ccccc3)=C(O)C(=O)N2CCCn2ccnc2)cc1. The van der Waals surface area contributed by atoms with Crippen LogP contribution in [0.3, 0.4) is 0 Å². The summed E-state index contributed by atoms with van der Waals surface area (Å²) in [7, 11) is 0. The first-order valence-corrected chi connectivity index (χ1v) is 11.1. The molecule has 1 N–H and O–H groups in total. The van der Waals surface area contributed by atoms with E-state index < -0.39 is 17.7 Å². The van der Waals surface area contributed by atoms with Crippen LogP contribution in [-0.2, 0) is 22.6 Å². The Morgan fingerprint density at radius 3 is 2.52 bits per heavy atom. The number of ketones is 1. The van der Waals surface area contributed by atoms with Crippen LogP contribution in [0.1, 0.15) is 36.1 Å². The van der Waals surface area contributed by atoms with Crippen molar-refractivity contribution < 1.29 is 14.7 Å². The number of aliphatic hydroxyl groups excluding tert-OH is 1. The molecule has 0 bridgehead atoms. The highest BCUT2D eigenvalue weighted by atomic mass is 16.3. The average Bonchev–Trinajstić information content (AvgIpc) is 3.45. The predicted molar refractivity (Wildman–Crippen MR) is 127 cm³/mol. The first kappa shape index (κ1) is 22.3. The molecule has 2 heterocycles. The van der Waals surface area contributed by atoms with E-state index in [9.17, 15) is 14.7 Å². The lowest BCUT2D eigenvalue weighted by Gasteiger charge is -2.27. The lowest BCUT2D eigenvalue weighted by Crippen LogP contribution is -2.32. The van der Waals surface area contributed by atoms with Crippen LogP contribution < -0.4 is 0 Å². The minimum atomic E-state index is -0.626. The quantitative estimate of drug-likeness (QED) is 0.496. The summed E-state index contributed by atoms with van der Waals surface area (Å²) < 4.78 is 1.94. The number of allylic oxidation sites excluding steroid dienone is 1. The molecular weight excluding hydrogens is 414 g/mol. The fraction of sp³-hybridized carbons (Fsp3) is 0.222. The molecule has 168 valence electrons. The third-order valence-electron chi connectivity index (χ3n) is 5.87. The molecule has 1 amide bonds. The summed E-state index contributed by atoms with van der Waals surface area (Å²) in [4.78, 5) is 31.8. The molecule has 0 aliphatic carbocycles. The maximum Gasteiger partial charge on any atom is 0.290 e. The Morgan fingerprint density at radius 1 is 1.09 bits per heavy atom. The molecule has 1 atom stereocenters. The fourth-order valence-electron chi connectivity index (χ4n) is 4.09. The molecule has 0 saturated heterocycles. The molecule has 33 heavy (non-hydrogen) atoms. The summed E-state index contributed by atoms with van der Waals surface area (Å²) in [5.74, 6) is -1.35. The Kier molecular flexibility index (Phi) is 6.83. The lowest BCUT2D eigenvalue weighted by molar-refractivity contribution is -0.129. The first-order chi connectivity index (χ1) is 16.1. The van der Waals surface area contributed by atoms with Gasteiger partial charge in [0.25, 0.3) is 5.91 Å². The van der Waals surface area contributed by atoms with Crippen LogP contribution in [0.15, 0.2) is 90.7 Å². The minimum absolute atomic E-state index is 0.124. The molecule has 1 aliphatic heterocycles. The van der Waals surface area contributed by atoms with E-state index >= 15 is 0 Å². The number of nitrogens with zero attached hydrogens (tertiary/aromatic N) is 3. The molecule has 3 aromatic rings. The number of hydrogen-bond donors (Lipinski definition) is 1. The van der Waals surface area contributed by atoms with Gasteiger partial charge in [0.2, 0.25) is 0 Å². The van der Waals surface area contributed by atoms with Gasteiger partial charge in [-0.15, -0.1) is 0 Å². The number of rotatable bonds is 9. The fourth-order valence-corrected chi connectivity index (χ4v) is 4.09. The predicted octanol–water partition coefficient (Wildman–Crippen LogP) is 4.51. The molecule has 0 fully saturated rings. The Labute approximate surface area is 193 Å². The Morgan fingerprint density at radius 2 is 1.85 bits per heavy atom. The normalized spacial score (nSPS) is 16.2. The van der Waals surface area contributed by atoms with Crippen molar-refractivity contribution in [2.24, 2.45) is 0 Å². The van der Waals surface area contributed by atoms with Crippen molar-refractivity contribution in [2.75, 3.05) is 6.54 Å². The van der Waals surface area contributed by atoms with Gasteiger partial charge in [-0.3, -0.25) is 9.59 Å². The van der Waals surface area contributed by atoms with Crippen molar-refractivity contribution in [3.8, 4) is 0 Å². The second-order valence-electron chi connectivity index (χ2n) is 8.02. The molecule has 4 rings (SSSR count). The molecule has 0 spiro atoms. The summed E-state index contributed by atoms with van der Waals surface area (Å²) in [5, 5.41) is 10.7. The molecule has 1 aliphatic rings. The van der Waals surface area contributed by atoms with Crippen molar-refractivity contribution in [1.29, 1.82) is 0 Å².